The third-order valence-corrected chi connectivity index (χ3v) is 3.74. The van der Waals surface area contributed by atoms with Crippen molar-refractivity contribution >= 4 is 10.9 Å². The fourth-order valence-corrected chi connectivity index (χ4v) is 3.01. The molecule has 1 aromatic heterocycles. The second-order valence-corrected chi connectivity index (χ2v) is 5.03. The fraction of sp³-hybridized carbons (Fsp3) is 0.467. The lowest BCUT2D eigenvalue weighted by atomic mass is 10.1. The minimum Gasteiger partial charge on any atom is -0.491 e. The summed E-state index contributed by atoms with van der Waals surface area (Å²) in [6.07, 6.45) is 0. The highest BCUT2D eigenvalue weighted by Gasteiger charge is 2.25. The highest BCUT2D eigenvalue weighted by Crippen LogP contribution is 2.38. The van der Waals surface area contributed by atoms with Crippen LogP contribution in [0.2, 0.25) is 0 Å². The Balaban J connectivity index is 2.36. The van der Waals surface area contributed by atoms with Crippen molar-refractivity contribution in [3.05, 3.63) is 29.5 Å². The molecule has 0 radical (unpaired) electrons. The fourth-order valence-electron chi connectivity index (χ4n) is 3.01. The van der Waals surface area contributed by atoms with E-state index in [0.29, 0.717) is 12.6 Å². The summed E-state index contributed by atoms with van der Waals surface area (Å²) in [4.78, 5) is 0. The smallest absolute Gasteiger partial charge is 0.149 e. The van der Waals surface area contributed by atoms with Crippen LogP contribution in [0.5, 0.6) is 5.75 Å². The molecule has 3 rings (SSSR count). The summed E-state index contributed by atoms with van der Waals surface area (Å²) < 4.78 is 8.35. The molecule has 0 saturated carbocycles. The molecule has 0 amide bonds. The lowest BCUT2D eigenvalue weighted by Crippen LogP contribution is -2.31. The predicted molar refractivity (Wildman–Crippen MR) is 74.3 cm³/mol. The Morgan fingerprint density at radius 2 is 2.28 bits per heavy atom. The molecule has 1 aliphatic heterocycles. The summed E-state index contributed by atoms with van der Waals surface area (Å²) in [7, 11) is 0. The van der Waals surface area contributed by atoms with Gasteiger partial charge in [-0.1, -0.05) is 12.1 Å². The second kappa shape index (κ2) is 4.32. The first-order chi connectivity index (χ1) is 8.74. The predicted octanol–water partition coefficient (Wildman–Crippen LogP) is 3.01. The Hall–Kier alpha value is -1.48. The van der Waals surface area contributed by atoms with E-state index in [4.69, 9.17) is 4.74 Å². The van der Waals surface area contributed by atoms with Crippen molar-refractivity contribution in [2.75, 3.05) is 13.2 Å². The number of rotatable bonds is 2. The molecule has 0 saturated heterocycles. The van der Waals surface area contributed by atoms with Gasteiger partial charge in [-0.3, -0.25) is 0 Å². The van der Waals surface area contributed by atoms with Crippen LogP contribution in [0.3, 0.4) is 0 Å². The molecule has 0 spiro atoms. The van der Waals surface area contributed by atoms with Crippen LogP contribution in [0.1, 0.15) is 31.1 Å². The third-order valence-electron chi connectivity index (χ3n) is 3.74. The van der Waals surface area contributed by atoms with E-state index < -0.39 is 0 Å². The van der Waals surface area contributed by atoms with Crippen LogP contribution in [0.25, 0.3) is 10.9 Å². The van der Waals surface area contributed by atoms with Crippen LogP contribution in [0.15, 0.2) is 18.2 Å². The van der Waals surface area contributed by atoms with Crippen molar-refractivity contribution in [1.82, 2.24) is 9.88 Å². The van der Waals surface area contributed by atoms with Gasteiger partial charge in [0, 0.05) is 24.5 Å². The van der Waals surface area contributed by atoms with Crippen LogP contribution in [0.4, 0.5) is 0 Å². The van der Waals surface area contributed by atoms with Gasteiger partial charge < -0.3 is 14.6 Å². The van der Waals surface area contributed by atoms with Crippen LogP contribution in [0, 0.1) is 6.92 Å². The molecule has 96 valence electrons. The highest BCUT2D eigenvalue weighted by molar-refractivity contribution is 5.91. The van der Waals surface area contributed by atoms with E-state index in [1.165, 1.54) is 22.2 Å². The number of ether oxygens (including phenoxy) is 1. The van der Waals surface area contributed by atoms with Crippen molar-refractivity contribution in [2.24, 2.45) is 0 Å². The van der Waals surface area contributed by atoms with E-state index in [0.717, 1.165) is 18.8 Å². The topological polar surface area (TPSA) is 26.2 Å². The molecule has 0 aliphatic carbocycles. The molecule has 1 aromatic carbocycles. The van der Waals surface area contributed by atoms with Gasteiger partial charge in [-0.05, 0) is 32.4 Å². The van der Waals surface area contributed by atoms with Crippen LogP contribution < -0.4 is 10.1 Å². The second-order valence-electron chi connectivity index (χ2n) is 5.03. The Labute approximate surface area is 108 Å². The molecule has 0 bridgehead atoms. The van der Waals surface area contributed by atoms with Crippen molar-refractivity contribution in [3.8, 4) is 5.75 Å². The number of nitrogens with one attached hydrogen (secondary N) is 1. The molecule has 3 nitrogen and oxygen atoms in total. The van der Waals surface area contributed by atoms with Gasteiger partial charge in [0.2, 0.25) is 0 Å². The Morgan fingerprint density at radius 1 is 1.44 bits per heavy atom. The van der Waals surface area contributed by atoms with Crippen molar-refractivity contribution in [3.63, 3.8) is 0 Å². The summed E-state index contributed by atoms with van der Waals surface area (Å²) in [5.74, 6) is 1.07. The number of nitrogens with zero attached hydrogens (tertiary/aromatic N) is 1. The number of fused-ring (bicyclic) bond motifs is 3. The van der Waals surface area contributed by atoms with Gasteiger partial charge in [0.25, 0.3) is 0 Å². The normalized spacial score (nSPS) is 18.9. The molecule has 2 aromatic rings. The number of para-hydroxylation sites is 1. The van der Waals surface area contributed by atoms with E-state index in [9.17, 15) is 0 Å². The Kier molecular flexibility index (Phi) is 2.78. The van der Waals surface area contributed by atoms with Gasteiger partial charge in [-0.2, -0.15) is 0 Å². The third kappa shape index (κ3) is 1.54. The molecule has 18 heavy (non-hydrogen) atoms. The molecule has 2 heterocycles. The Bertz CT molecular complexity index is 586. The van der Waals surface area contributed by atoms with Crippen LogP contribution in [-0.4, -0.2) is 17.7 Å². The summed E-state index contributed by atoms with van der Waals surface area (Å²) in [6.45, 7) is 9.13. The van der Waals surface area contributed by atoms with E-state index in [-0.39, 0.29) is 0 Å². The number of hydrogen-bond acceptors (Lipinski definition) is 2. The van der Waals surface area contributed by atoms with E-state index >= 15 is 0 Å². The molecular weight excluding hydrogens is 224 g/mol. The van der Waals surface area contributed by atoms with Crippen molar-refractivity contribution in [1.29, 1.82) is 0 Å². The maximum Gasteiger partial charge on any atom is 0.149 e. The SMILES string of the molecule is CCOc1c2n(c3c(C)cccc13)[C@H](C)CNC2. The van der Waals surface area contributed by atoms with E-state index in [1.807, 2.05) is 6.92 Å². The lowest BCUT2D eigenvalue weighted by Gasteiger charge is -2.25. The van der Waals surface area contributed by atoms with Gasteiger partial charge >= 0.3 is 0 Å². The monoisotopic (exact) mass is 244 g/mol. The molecule has 3 heteroatoms. The first kappa shape index (κ1) is 11.6. The van der Waals surface area contributed by atoms with Gasteiger partial charge in [-0.25, -0.2) is 0 Å². The summed E-state index contributed by atoms with van der Waals surface area (Å²) in [6, 6.07) is 6.95. The molecule has 0 fully saturated rings. The maximum absolute atomic E-state index is 5.90. The average molecular weight is 244 g/mol. The molecule has 1 atom stereocenters. The first-order valence-corrected chi connectivity index (χ1v) is 6.70. The zero-order valence-corrected chi connectivity index (χ0v) is 11.3. The Morgan fingerprint density at radius 3 is 3.06 bits per heavy atom. The lowest BCUT2D eigenvalue weighted by molar-refractivity contribution is 0.329. The van der Waals surface area contributed by atoms with E-state index in [2.05, 4.69) is 41.9 Å². The minimum atomic E-state index is 0.478. The summed E-state index contributed by atoms with van der Waals surface area (Å²) >= 11 is 0. The molecule has 1 N–H and O–H groups in total. The van der Waals surface area contributed by atoms with Gasteiger partial charge in [-0.15, -0.1) is 0 Å². The summed E-state index contributed by atoms with van der Waals surface area (Å²) in [5.41, 5.74) is 3.96. The zero-order chi connectivity index (χ0) is 12.7. The van der Waals surface area contributed by atoms with Crippen molar-refractivity contribution in [2.45, 2.75) is 33.4 Å². The molecular formula is C15H20N2O. The van der Waals surface area contributed by atoms with E-state index in [1.54, 1.807) is 0 Å². The van der Waals surface area contributed by atoms with Crippen molar-refractivity contribution < 1.29 is 4.74 Å². The van der Waals surface area contributed by atoms with Gasteiger partial charge in [0.15, 0.2) is 0 Å². The maximum atomic E-state index is 5.90. The standard InChI is InChI=1S/C15H20N2O/c1-4-18-15-12-7-5-6-10(2)14(12)17-11(3)8-16-9-13(15)17/h5-7,11,16H,4,8-9H2,1-3H3/t11-/m1/s1. The number of benzene rings is 1. The van der Waals surface area contributed by atoms with Crippen LogP contribution >= 0.6 is 0 Å². The minimum absolute atomic E-state index is 0.478. The molecule has 0 unspecified atom stereocenters. The zero-order valence-electron chi connectivity index (χ0n) is 11.3. The van der Waals surface area contributed by atoms with Gasteiger partial charge in [0.1, 0.15) is 5.75 Å². The first-order valence-electron chi connectivity index (χ1n) is 6.70. The van der Waals surface area contributed by atoms with Gasteiger partial charge in [0.05, 0.1) is 17.8 Å². The summed E-state index contributed by atoms with van der Waals surface area (Å²) in [5, 5.41) is 4.72. The number of hydrogen-bond donors (Lipinski definition) is 1. The number of aryl methyl sites for hydroxylation is 1. The average Bonchev–Trinajstić information content (AvgIpc) is 2.68. The van der Waals surface area contributed by atoms with Crippen LogP contribution in [-0.2, 0) is 6.54 Å². The molecule has 1 aliphatic rings. The number of aromatic nitrogens is 1. The largest absolute Gasteiger partial charge is 0.491 e. The highest BCUT2D eigenvalue weighted by atomic mass is 16.5. The quantitative estimate of drug-likeness (QED) is 0.879.